The molecule has 0 bridgehead atoms. The van der Waals surface area contributed by atoms with Crippen LogP contribution in [0.5, 0.6) is 0 Å². The number of hydrogen-bond acceptors (Lipinski definition) is 4. The van der Waals surface area contributed by atoms with Crippen molar-refractivity contribution in [1.82, 2.24) is 15.2 Å². The zero-order valence-corrected chi connectivity index (χ0v) is 16.3. The van der Waals surface area contributed by atoms with Crippen molar-refractivity contribution in [2.45, 2.75) is 13.5 Å². The number of amides is 1. The predicted octanol–water partition coefficient (Wildman–Crippen LogP) is 2.92. The molecule has 0 atom stereocenters. The van der Waals surface area contributed by atoms with Gasteiger partial charge >= 0.3 is 0 Å². The molecule has 1 amide bonds. The summed E-state index contributed by atoms with van der Waals surface area (Å²) in [5.74, 6) is -0.0792. The number of nitrogens with zero attached hydrogens (tertiary/aromatic N) is 3. The second-order valence-electron chi connectivity index (χ2n) is 6.88. The van der Waals surface area contributed by atoms with E-state index in [0.717, 1.165) is 43.3 Å². The van der Waals surface area contributed by atoms with E-state index in [9.17, 15) is 4.79 Å². The Morgan fingerprint density at radius 3 is 2.33 bits per heavy atom. The van der Waals surface area contributed by atoms with Gasteiger partial charge in [-0.1, -0.05) is 53.6 Å². The fourth-order valence-electron chi connectivity index (χ4n) is 3.02. The van der Waals surface area contributed by atoms with E-state index in [1.165, 1.54) is 11.1 Å². The quantitative estimate of drug-likeness (QED) is 0.615. The molecule has 1 aliphatic rings. The minimum atomic E-state index is -0.0792. The Balaban J connectivity index is 1.37. The summed E-state index contributed by atoms with van der Waals surface area (Å²) in [7, 11) is 0. The van der Waals surface area contributed by atoms with Gasteiger partial charge < -0.3 is 0 Å². The number of halogens is 1. The van der Waals surface area contributed by atoms with Crippen molar-refractivity contribution in [3.05, 3.63) is 70.2 Å². The molecule has 2 aromatic carbocycles. The summed E-state index contributed by atoms with van der Waals surface area (Å²) in [5.41, 5.74) is 6.04. The molecule has 5 nitrogen and oxygen atoms in total. The van der Waals surface area contributed by atoms with Crippen molar-refractivity contribution in [2.75, 3.05) is 32.7 Å². The molecular weight excluding hydrogens is 360 g/mol. The van der Waals surface area contributed by atoms with E-state index in [4.69, 9.17) is 11.6 Å². The van der Waals surface area contributed by atoms with Gasteiger partial charge in [-0.2, -0.15) is 5.10 Å². The van der Waals surface area contributed by atoms with E-state index in [1.54, 1.807) is 6.21 Å². The summed E-state index contributed by atoms with van der Waals surface area (Å²) in [6, 6.07) is 16.0. The summed E-state index contributed by atoms with van der Waals surface area (Å²) in [6.07, 6.45) is 1.67. The highest BCUT2D eigenvalue weighted by Gasteiger charge is 2.18. The smallest absolute Gasteiger partial charge is 0.254 e. The third-order valence-electron chi connectivity index (χ3n) is 4.63. The van der Waals surface area contributed by atoms with Crippen LogP contribution in [0.4, 0.5) is 0 Å². The summed E-state index contributed by atoms with van der Waals surface area (Å²) < 4.78 is 0. The SMILES string of the molecule is Cc1ccc(C=NNC(=O)CN2CCN(Cc3ccc(Cl)cc3)CC2)cc1. The molecule has 6 heteroatoms. The molecule has 142 valence electrons. The van der Waals surface area contributed by atoms with Crippen LogP contribution < -0.4 is 5.43 Å². The molecule has 0 spiro atoms. The Labute approximate surface area is 165 Å². The molecule has 2 aromatic rings. The Morgan fingerprint density at radius 1 is 1.04 bits per heavy atom. The molecular formula is C21H25ClN4O. The fraction of sp³-hybridized carbons (Fsp3) is 0.333. The maximum atomic E-state index is 12.1. The molecule has 0 saturated carbocycles. The lowest BCUT2D eigenvalue weighted by Gasteiger charge is -2.34. The van der Waals surface area contributed by atoms with Crippen LogP contribution in [0.25, 0.3) is 0 Å². The van der Waals surface area contributed by atoms with E-state index in [2.05, 4.69) is 32.5 Å². The number of carbonyl (C=O) groups is 1. The number of hydrazone groups is 1. The highest BCUT2D eigenvalue weighted by atomic mass is 35.5. The van der Waals surface area contributed by atoms with Gasteiger partial charge in [-0.15, -0.1) is 0 Å². The number of rotatable bonds is 6. The minimum absolute atomic E-state index is 0.0792. The summed E-state index contributed by atoms with van der Waals surface area (Å²) in [6.45, 7) is 6.98. The van der Waals surface area contributed by atoms with Crippen molar-refractivity contribution in [2.24, 2.45) is 5.10 Å². The Kier molecular flexibility index (Phi) is 6.98. The zero-order valence-electron chi connectivity index (χ0n) is 15.6. The zero-order chi connectivity index (χ0) is 19.1. The largest absolute Gasteiger partial charge is 0.297 e. The molecule has 3 rings (SSSR count). The van der Waals surface area contributed by atoms with Gasteiger partial charge in [0.2, 0.25) is 0 Å². The lowest BCUT2D eigenvalue weighted by atomic mass is 10.2. The van der Waals surface area contributed by atoms with E-state index < -0.39 is 0 Å². The highest BCUT2D eigenvalue weighted by molar-refractivity contribution is 6.30. The fourth-order valence-corrected chi connectivity index (χ4v) is 3.15. The number of carbonyl (C=O) groups excluding carboxylic acids is 1. The molecule has 1 saturated heterocycles. The van der Waals surface area contributed by atoms with Gasteiger partial charge in [0.1, 0.15) is 0 Å². The standard InChI is InChI=1S/C21H25ClN4O/c1-17-2-4-18(5-3-17)14-23-24-21(27)16-26-12-10-25(11-13-26)15-19-6-8-20(22)9-7-19/h2-9,14H,10-13,15-16H2,1H3,(H,24,27). The summed E-state index contributed by atoms with van der Waals surface area (Å²) >= 11 is 5.93. The molecule has 27 heavy (non-hydrogen) atoms. The van der Waals surface area contributed by atoms with E-state index >= 15 is 0 Å². The number of nitrogens with one attached hydrogen (secondary N) is 1. The average molecular weight is 385 g/mol. The van der Waals surface area contributed by atoms with Gasteiger partial charge in [-0.05, 0) is 30.2 Å². The van der Waals surface area contributed by atoms with Crippen LogP contribution in [0.15, 0.2) is 53.6 Å². The molecule has 0 unspecified atom stereocenters. The normalized spacial score (nSPS) is 15.9. The predicted molar refractivity (Wildman–Crippen MR) is 110 cm³/mol. The first-order valence-electron chi connectivity index (χ1n) is 9.16. The summed E-state index contributed by atoms with van der Waals surface area (Å²) in [4.78, 5) is 16.6. The molecule has 0 radical (unpaired) electrons. The van der Waals surface area contributed by atoms with E-state index in [1.807, 2.05) is 43.3 Å². The van der Waals surface area contributed by atoms with Crippen LogP contribution in [0, 0.1) is 6.92 Å². The van der Waals surface area contributed by atoms with Crippen LogP contribution in [0.2, 0.25) is 5.02 Å². The average Bonchev–Trinajstić information content (AvgIpc) is 2.67. The third kappa shape index (κ3) is 6.47. The van der Waals surface area contributed by atoms with E-state index in [-0.39, 0.29) is 5.91 Å². The van der Waals surface area contributed by atoms with Crippen molar-refractivity contribution < 1.29 is 4.79 Å². The monoisotopic (exact) mass is 384 g/mol. The van der Waals surface area contributed by atoms with Gasteiger partial charge in [-0.3, -0.25) is 14.6 Å². The number of benzene rings is 2. The lowest BCUT2D eigenvalue weighted by Crippen LogP contribution is -2.48. The second kappa shape index (κ2) is 9.65. The second-order valence-corrected chi connectivity index (χ2v) is 7.32. The van der Waals surface area contributed by atoms with Crippen LogP contribution in [-0.4, -0.2) is 54.6 Å². The first-order valence-corrected chi connectivity index (χ1v) is 9.54. The number of hydrogen-bond donors (Lipinski definition) is 1. The first kappa shape index (κ1) is 19.5. The van der Waals surface area contributed by atoms with Crippen LogP contribution >= 0.6 is 11.6 Å². The maximum absolute atomic E-state index is 12.1. The van der Waals surface area contributed by atoms with Crippen LogP contribution in [0.1, 0.15) is 16.7 Å². The highest BCUT2D eigenvalue weighted by Crippen LogP contribution is 2.12. The van der Waals surface area contributed by atoms with Crippen molar-refractivity contribution in [3.8, 4) is 0 Å². The third-order valence-corrected chi connectivity index (χ3v) is 4.88. The molecule has 1 heterocycles. The molecule has 0 aliphatic carbocycles. The molecule has 1 fully saturated rings. The maximum Gasteiger partial charge on any atom is 0.254 e. The Hall–Kier alpha value is -2.21. The van der Waals surface area contributed by atoms with Crippen molar-refractivity contribution in [1.29, 1.82) is 0 Å². The van der Waals surface area contributed by atoms with Crippen LogP contribution in [-0.2, 0) is 11.3 Å². The first-order chi connectivity index (χ1) is 13.1. The number of aryl methyl sites for hydroxylation is 1. The van der Waals surface area contributed by atoms with E-state index in [0.29, 0.717) is 6.54 Å². The van der Waals surface area contributed by atoms with Crippen molar-refractivity contribution >= 4 is 23.7 Å². The van der Waals surface area contributed by atoms with Gasteiger partial charge in [0, 0.05) is 37.7 Å². The van der Waals surface area contributed by atoms with Crippen LogP contribution in [0.3, 0.4) is 0 Å². The van der Waals surface area contributed by atoms with Crippen molar-refractivity contribution in [3.63, 3.8) is 0 Å². The van der Waals surface area contributed by atoms with Gasteiger partial charge in [-0.25, -0.2) is 5.43 Å². The topological polar surface area (TPSA) is 47.9 Å². The summed E-state index contributed by atoms with van der Waals surface area (Å²) in [5, 5.41) is 4.81. The Morgan fingerprint density at radius 2 is 1.67 bits per heavy atom. The number of piperazine rings is 1. The lowest BCUT2D eigenvalue weighted by molar-refractivity contribution is -0.122. The van der Waals surface area contributed by atoms with Gasteiger partial charge in [0.15, 0.2) is 0 Å². The Bertz CT molecular complexity index is 766. The molecule has 1 aliphatic heterocycles. The van der Waals surface area contributed by atoms with Gasteiger partial charge in [0.05, 0.1) is 12.8 Å². The van der Waals surface area contributed by atoms with Gasteiger partial charge in [0.25, 0.3) is 5.91 Å². The molecule has 1 N–H and O–H groups in total. The minimum Gasteiger partial charge on any atom is -0.297 e. The molecule has 0 aromatic heterocycles.